The maximum atomic E-state index is 6.63. The predicted octanol–water partition coefficient (Wildman–Crippen LogP) is 10.8. The lowest BCUT2D eigenvalue weighted by atomic mass is 9.93. The summed E-state index contributed by atoms with van der Waals surface area (Å²) < 4.78 is 6.63. The second-order valence-corrected chi connectivity index (χ2v) is 12.8. The van der Waals surface area contributed by atoms with E-state index < -0.39 is 0 Å². The van der Waals surface area contributed by atoms with Crippen LogP contribution in [0.15, 0.2) is 162 Å². The van der Waals surface area contributed by atoms with E-state index in [1.54, 1.807) is 0 Å². The molecule has 0 atom stereocenters. The summed E-state index contributed by atoms with van der Waals surface area (Å²) in [5, 5.41) is 14.9. The maximum absolute atomic E-state index is 6.63. The molecular weight excluding hydrogens is 595 g/mol. The van der Waals surface area contributed by atoms with Crippen LogP contribution < -0.4 is 10.6 Å². The van der Waals surface area contributed by atoms with Crippen LogP contribution >= 0.6 is 0 Å². The highest BCUT2D eigenvalue weighted by molar-refractivity contribution is 6.25. The third-order valence-corrected chi connectivity index (χ3v) is 9.93. The summed E-state index contributed by atoms with van der Waals surface area (Å²) >= 11 is 0. The number of pyridine rings is 1. The van der Waals surface area contributed by atoms with E-state index >= 15 is 0 Å². The highest BCUT2D eigenvalue weighted by Crippen LogP contribution is 2.39. The Morgan fingerprint density at radius 3 is 1.92 bits per heavy atom. The number of nitrogens with zero attached hydrogens (tertiary/aromatic N) is 1. The molecule has 0 saturated carbocycles. The molecule has 10 aromatic rings. The molecule has 0 aliphatic heterocycles. The Morgan fingerprint density at radius 1 is 0.510 bits per heavy atom. The number of aromatic nitrogens is 1. The van der Waals surface area contributed by atoms with Crippen LogP contribution in [0.5, 0.6) is 0 Å². The summed E-state index contributed by atoms with van der Waals surface area (Å²) in [6, 6.07) is 55.9. The largest absolute Gasteiger partial charge is 0.456 e. The molecule has 0 aliphatic carbocycles. The highest BCUT2D eigenvalue weighted by Gasteiger charge is 2.15. The maximum Gasteiger partial charge on any atom is 0.136 e. The van der Waals surface area contributed by atoms with Crippen molar-refractivity contribution in [3.05, 3.63) is 184 Å². The molecule has 0 spiro atoms. The number of benzene rings is 8. The smallest absolute Gasteiger partial charge is 0.136 e. The van der Waals surface area contributed by atoms with Crippen molar-refractivity contribution in [2.45, 2.75) is 0 Å². The van der Waals surface area contributed by atoms with E-state index in [0.717, 1.165) is 70.5 Å². The zero-order chi connectivity index (χ0) is 32.5. The molecule has 0 bridgehead atoms. The molecule has 10 rings (SSSR count). The van der Waals surface area contributed by atoms with Gasteiger partial charge in [0, 0.05) is 37.7 Å². The fourth-order valence-corrected chi connectivity index (χ4v) is 7.56. The molecule has 49 heavy (non-hydrogen) atoms. The summed E-state index contributed by atoms with van der Waals surface area (Å²) in [4.78, 5) is 5.41. The van der Waals surface area contributed by atoms with Crippen molar-refractivity contribution >= 4 is 77.6 Å². The summed E-state index contributed by atoms with van der Waals surface area (Å²) in [5.41, 5.74) is 5.83. The van der Waals surface area contributed by atoms with Crippen LogP contribution in [0.3, 0.4) is 0 Å². The molecule has 2 aromatic heterocycles. The van der Waals surface area contributed by atoms with Crippen molar-refractivity contribution < 1.29 is 4.42 Å². The molecular formula is C47H29NO. The Kier molecular flexibility index (Phi) is 6.06. The second-order valence-electron chi connectivity index (χ2n) is 12.8. The highest BCUT2D eigenvalue weighted by atomic mass is 16.3. The van der Waals surface area contributed by atoms with E-state index in [4.69, 9.17) is 9.40 Å². The molecule has 0 N–H and O–H groups in total. The molecule has 0 amide bonds. The van der Waals surface area contributed by atoms with Crippen LogP contribution in [-0.4, -0.2) is 4.98 Å². The van der Waals surface area contributed by atoms with Gasteiger partial charge in [0.25, 0.3) is 0 Å². The molecule has 2 heteroatoms. The fourth-order valence-electron chi connectivity index (χ4n) is 7.56. The van der Waals surface area contributed by atoms with Crippen LogP contribution in [0.1, 0.15) is 5.56 Å². The average molecular weight is 624 g/mol. The topological polar surface area (TPSA) is 26.0 Å². The van der Waals surface area contributed by atoms with Crippen LogP contribution in [-0.2, 0) is 0 Å². The van der Waals surface area contributed by atoms with E-state index in [2.05, 4.69) is 164 Å². The quantitative estimate of drug-likeness (QED) is 0.179. The van der Waals surface area contributed by atoms with E-state index in [-0.39, 0.29) is 0 Å². The van der Waals surface area contributed by atoms with Gasteiger partial charge in [-0.05, 0) is 61.1 Å². The molecule has 0 saturated heterocycles. The SMILES string of the molecule is C=c1cccc/c1=c1/c(=C/c2ccc(-c3nc4c5ccccc5ccc4c4c3ccc3ccccc34)cc2)oc2cc3ccccc3cc12. The summed E-state index contributed by atoms with van der Waals surface area (Å²) in [6.07, 6.45) is 2.14. The van der Waals surface area contributed by atoms with Gasteiger partial charge in [-0.2, -0.15) is 0 Å². The summed E-state index contributed by atoms with van der Waals surface area (Å²) in [6.45, 7) is 4.36. The van der Waals surface area contributed by atoms with Crippen molar-refractivity contribution in [2.75, 3.05) is 0 Å². The Balaban J connectivity index is 1.22. The van der Waals surface area contributed by atoms with Gasteiger partial charge in [-0.1, -0.05) is 152 Å². The lowest BCUT2D eigenvalue weighted by molar-refractivity contribution is 0.576. The number of rotatable bonds is 2. The second kappa shape index (κ2) is 10.8. The molecule has 228 valence electrons. The minimum absolute atomic E-state index is 0.821. The number of hydrogen-bond donors (Lipinski definition) is 0. The number of hydrogen-bond acceptors (Lipinski definition) is 2. The first-order valence-electron chi connectivity index (χ1n) is 16.6. The van der Waals surface area contributed by atoms with Crippen LogP contribution in [0.4, 0.5) is 0 Å². The van der Waals surface area contributed by atoms with Crippen LogP contribution in [0.2, 0.25) is 0 Å². The first kappa shape index (κ1) is 27.6. The Bertz CT molecular complexity index is 3170. The van der Waals surface area contributed by atoms with Gasteiger partial charge < -0.3 is 4.42 Å². The third-order valence-electron chi connectivity index (χ3n) is 9.93. The molecule has 0 fully saturated rings. The Hall–Kier alpha value is -6.51. The van der Waals surface area contributed by atoms with Crippen molar-refractivity contribution in [1.29, 1.82) is 0 Å². The summed E-state index contributed by atoms with van der Waals surface area (Å²) in [5.74, 6) is 0. The first-order chi connectivity index (χ1) is 24.2. The lowest BCUT2D eigenvalue weighted by Gasteiger charge is -2.14. The Labute approximate surface area is 281 Å². The van der Waals surface area contributed by atoms with E-state index in [9.17, 15) is 0 Å². The van der Waals surface area contributed by atoms with Gasteiger partial charge in [0.15, 0.2) is 0 Å². The summed E-state index contributed by atoms with van der Waals surface area (Å²) in [7, 11) is 0. The normalized spacial score (nSPS) is 13.0. The van der Waals surface area contributed by atoms with Gasteiger partial charge in [-0.3, -0.25) is 0 Å². The third kappa shape index (κ3) is 4.38. The molecule has 8 aromatic carbocycles. The molecule has 0 unspecified atom stereocenters. The van der Waals surface area contributed by atoms with Gasteiger partial charge >= 0.3 is 0 Å². The van der Waals surface area contributed by atoms with Crippen LogP contribution in [0, 0.1) is 10.4 Å². The van der Waals surface area contributed by atoms with Crippen molar-refractivity contribution in [1.82, 2.24) is 4.98 Å². The molecule has 0 radical (unpaired) electrons. The van der Waals surface area contributed by atoms with Gasteiger partial charge in [0.05, 0.1) is 11.2 Å². The number of furan rings is 1. The van der Waals surface area contributed by atoms with Crippen molar-refractivity contribution in [3.63, 3.8) is 0 Å². The first-order valence-corrected chi connectivity index (χ1v) is 16.6. The van der Waals surface area contributed by atoms with Gasteiger partial charge in [0.1, 0.15) is 11.0 Å². The lowest BCUT2D eigenvalue weighted by Crippen LogP contribution is -2.05. The standard InChI is InChI=1S/C47H29NO/c1-29-10-2-7-15-36(29)45-41-27-34-13-3-4-14-35(34)28-42(41)49-43(45)26-30-18-20-33(21-19-30)46-39-24-22-31-11-5-8-16-37(31)44(39)40-25-23-32-12-6-9-17-38(32)47(40)48-46/h2-28H,1H2/b43-26-,45-36-. The minimum Gasteiger partial charge on any atom is -0.456 e. The average Bonchev–Trinajstić information content (AvgIpc) is 3.49. The van der Waals surface area contributed by atoms with Gasteiger partial charge in [0.2, 0.25) is 0 Å². The van der Waals surface area contributed by atoms with E-state index in [1.165, 1.54) is 32.3 Å². The zero-order valence-electron chi connectivity index (χ0n) is 26.7. The monoisotopic (exact) mass is 623 g/mol. The predicted molar refractivity (Wildman–Crippen MR) is 206 cm³/mol. The van der Waals surface area contributed by atoms with E-state index in [1.807, 2.05) is 6.07 Å². The zero-order valence-corrected chi connectivity index (χ0v) is 26.7. The van der Waals surface area contributed by atoms with Crippen LogP contribution in [0.25, 0.3) is 88.9 Å². The minimum atomic E-state index is 0.821. The molecule has 0 aliphatic rings. The molecule has 2 nitrogen and oxygen atoms in total. The van der Waals surface area contributed by atoms with Gasteiger partial charge in [-0.25, -0.2) is 4.98 Å². The van der Waals surface area contributed by atoms with Crippen molar-refractivity contribution in [3.8, 4) is 11.3 Å². The fraction of sp³-hybridized carbons (Fsp3) is 0. The van der Waals surface area contributed by atoms with E-state index in [0.29, 0.717) is 0 Å². The Morgan fingerprint density at radius 2 is 1.14 bits per heavy atom. The number of fused-ring (bicyclic) bond motifs is 9. The molecule has 2 heterocycles. The van der Waals surface area contributed by atoms with Crippen molar-refractivity contribution in [2.24, 2.45) is 0 Å². The van der Waals surface area contributed by atoms with Gasteiger partial charge in [-0.15, -0.1) is 0 Å².